The first-order valence-electron chi connectivity index (χ1n) is 9.75. The fourth-order valence-corrected chi connectivity index (χ4v) is 3.51. The number of nitrogens with zero attached hydrogens (tertiary/aromatic N) is 6. The molecular weight excluding hydrogens is 338 g/mol. The number of hydrogen-bond acceptors (Lipinski definition) is 4. The van der Waals surface area contributed by atoms with Gasteiger partial charge in [0.15, 0.2) is 5.96 Å². The summed E-state index contributed by atoms with van der Waals surface area (Å²) in [5.41, 5.74) is 2.38. The second-order valence-corrected chi connectivity index (χ2v) is 7.20. The van der Waals surface area contributed by atoms with Crippen molar-refractivity contribution in [2.45, 2.75) is 38.8 Å². The van der Waals surface area contributed by atoms with Crippen molar-refractivity contribution in [3.8, 4) is 0 Å². The highest BCUT2D eigenvalue weighted by atomic mass is 15.3. The number of aryl methyl sites for hydroxylation is 1. The van der Waals surface area contributed by atoms with Gasteiger partial charge in [0, 0.05) is 65.3 Å². The number of aliphatic imine (C=N–C) groups is 1. The summed E-state index contributed by atoms with van der Waals surface area (Å²) in [6.45, 7) is 3.72. The number of pyridine rings is 1. The molecule has 7 heteroatoms. The Balaban J connectivity index is 1.58. The lowest BCUT2D eigenvalue weighted by Gasteiger charge is -2.23. The smallest absolute Gasteiger partial charge is 0.193 e. The van der Waals surface area contributed by atoms with Crippen molar-refractivity contribution in [2.75, 3.05) is 32.1 Å². The summed E-state index contributed by atoms with van der Waals surface area (Å²) in [5, 5.41) is 7.68. The van der Waals surface area contributed by atoms with Gasteiger partial charge in [-0.25, -0.2) is 4.98 Å². The van der Waals surface area contributed by atoms with Gasteiger partial charge in [-0.1, -0.05) is 12.8 Å². The lowest BCUT2D eigenvalue weighted by molar-refractivity contribution is 0.476. The van der Waals surface area contributed by atoms with E-state index in [1.54, 1.807) is 0 Å². The van der Waals surface area contributed by atoms with Crippen LogP contribution in [0.2, 0.25) is 0 Å². The zero-order valence-electron chi connectivity index (χ0n) is 16.7. The second kappa shape index (κ2) is 9.39. The molecule has 1 fully saturated rings. The van der Waals surface area contributed by atoms with Crippen LogP contribution in [0.15, 0.2) is 35.7 Å². The fraction of sp³-hybridized carbons (Fsp3) is 0.550. The Morgan fingerprint density at radius 2 is 2.00 bits per heavy atom. The summed E-state index contributed by atoms with van der Waals surface area (Å²) in [5.74, 6) is 1.96. The molecule has 0 unspecified atom stereocenters. The maximum Gasteiger partial charge on any atom is 0.193 e. The topological polar surface area (TPSA) is 61.6 Å². The number of rotatable bonds is 5. The Morgan fingerprint density at radius 1 is 1.22 bits per heavy atom. The van der Waals surface area contributed by atoms with Crippen molar-refractivity contribution in [1.82, 2.24) is 25.0 Å². The van der Waals surface area contributed by atoms with E-state index < -0.39 is 0 Å². The summed E-state index contributed by atoms with van der Waals surface area (Å²) < 4.78 is 1.82. The van der Waals surface area contributed by atoms with Crippen LogP contribution < -0.4 is 10.2 Å². The van der Waals surface area contributed by atoms with Gasteiger partial charge in [0.05, 0.1) is 6.20 Å². The Labute approximate surface area is 162 Å². The van der Waals surface area contributed by atoms with Crippen LogP contribution >= 0.6 is 0 Å². The predicted molar refractivity (Wildman–Crippen MR) is 110 cm³/mol. The van der Waals surface area contributed by atoms with Crippen LogP contribution in [-0.4, -0.2) is 52.8 Å². The molecule has 0 spiro atoms. The van der Waals surface area contributed by atoms with E-state index in [0.29, 0.717) is 0 Å². The van der Waals surface area contributed by atoms with Gasteiger partial charge in [0.1, 0.15) is 5.82 Å². The van der Waals surface area contributed by atoms with E-state index in [-0.39, 0.29) is 0 Å². The van der Waals surface area contributed by atoms with E-state index in [1.165, 1.54) is 31.2 Å². The molecule has 0 aliphatic carbocycles. The highest BCUT2D eigenvalue weighted by Crippen LogP contribution is 2.18. The lowest BCUT2D eigenvalue weighted by atomic mass is 10.2. The molecule has 27 heavy (non-hydrogen) atoms. The van der Waals surface area contributed by atoms with E-state index in [1.807, 2.05) is 44.4 Å². The van der Waals surface area contributed by atoms with Crippen LogP contribution in [0, 0.1) is 0 Å². The number of aromatic nitrogens is 3. The minimum Gasteiger partial charge on any atom is -0.357 e. The number of nitrogens with one attached hydrogen (secondary N) is 1. The third kappa shape index (κ3) is 5.45. The van der Waals surface area contributed by atoms with E-state index in [9.17, 15) is 0 Å². The molecule has 1 aliphatic rings. The van der Waals surface area contributed by atoms with Crippen molar-refractivity contribution in [3.63, 3.8) is 0 Å². The van der Waals surface area contributed by atoms with Gasteiger partial charge in [-0.2, -0.15) is 5.10 Å². The summed E-state index contributed by atoms with van der Waals surface area (Å²) in [7, 11) is 5.79. The van der Waals surface area contributed by atoms with E-state index in [4.69, 9.17) is 0 Å². The normalized spacial score (nSPS) is 15.5. The molecule has 0 bridgehead atoms. The molecule has 0 saturated carbocycles. The largest absolute Gasteiger partial charge is 0.357 e. The van der Waals surface area contributed by atoms with Crippen molar-refractivity contribution >= 4 is 11.8 Å². The summed E-state index contributed by atoms with van der Waals surface area (Å²) in [6, 6.07) is 4.27. The van der Waals surface area contributed by atoms with Gasteiger partial charge in [-0.3, -0.25) is 9.67 Å². The van der Waals surface area contributed by atoms with Crippen molar-refractivity contribution in [2.24, 2.45) is 12.0 Å². The van der Waals surface area contributed by atoms with E-state index in [0.717, 1.165) is 43.5 Å². The SMILES string of the molecule is CN=C(NCc1ccnc(N2CCCCCC2)c1)N(C)Cc1cnn(C)c1. The average Bonchev–Trinajstić information content (AvgIpc) is 2.92. The zero-order valence-corrected chi connectivity index (χ0v) is 16.7. The van der Waals surface area contributed by atoms with Crippen LogP contribution in [0.1, 0.15) is 36.8 Å². The standard InChI is InChI=1S/C20H31N7/c1-21-20(25(2)15-18-14-24-26(3)16-18)23-13-17-8-9-22-19(12-17)27-10-6-4-5-7-11-27/h8-9,12,14,16H,4-7,10-11,13,15H2,1-3H3,(H,21,23). The molecular formula is C20H31N7. The van der Waals surface area contributed by atoms with E-state index >= 15 is 0 Å². The molecule has 0 atom stereocenters. The first-order chi connectivity index (χ1) is 13.2. The molecule has 1 aliphatic heterocycles. The van der Waals surface area contributed by atoms with Crippen LogP contribution in [-0.2, 0) is 20.1 Å². The van der Waals surface area contributed by atoms with Crippen LogP contribution in [0.5, 0.6) is 0 Å². The molecule has 0 aromatic carbocycles. The van der Waals surface area contributed by atoms with Crippen LogP contribution in [0.3, 0.4) is 0 Å². The number of hydrogen-bond donors (Lipinski definition) is 1. The third-order valence-corrected chi connectivity index (χ3v) is 4.94. The van der Waals surface area contributed by atoms with Crippen LogP contribution in [0.25, 0.3) is 0 Å². The molecule has 146 valence electrons. The van der Waals surface area contributed by atoms with Crippen LogP contribution in [0.4, 0.5) is 5.82 Å². The molecule has 2 aromatic heterocycles. The summed E-state index contributed by atoms with van der Waals surface area (Å²) in [4.78, 5) is 13.5. The van der Waals surface area contributed by atoms with Crippen molar-refractivity contribution in [1.29, 1.82) is 0 Å². The molecule has 1 saturated heterocycles. The summed E-state index contributed by atoms with van der Waals surface area (Å²) >= 11 is 0. The highest BCUT2D eigenvalue weighted by molar-refractivity contribution is 5.79. The zero-order chi connectivity index (χ0) is 19.1. The van der Waals surface area contributed by atoms with Crippen molar-refractivity contribution in [3.05, 3.63) is 41.9 Å². The fourth-order valence-electron chi connectivity index (χ4n) is 3.51. The maximum absolute atomic E-state index is 4.59. The maximum atomic E-state index is 4.59. The highest BCUT2D eigenvalue weighted by Gasteiger charge is 2.12. The third-order valence-electron chi connectivity index (χ3n) is 4.94. The molecule has 2 aromatic rings. The molecule has 1 N–H and O–H groups in total. The average molecular weight is 370 g/mol. The molecule has 3 rings (SSSR count). The van der Waals surface area contributed by atoms with Gasteiger partial charge < -0.3 is 15.1 Å². The molecule has 0 radical (unpaired) electrons. The monoisotopic (exact) mass is 369 g/mol. The first-order valence-corrected chi connectivity index (χ1v) is 9.75. The van der Waals surface area contributed by atoms with Gasteiger partial charge >= 0.3 is 0 Å². The molecule has 3 heterocycles. The number of guanidine groups is 1. The van der Waals surface area contributed by atoms with Gasteiger partial charge in [-0.15, -0.1) is 0 Å². The Bertz CT molecular complexity index is 744. The molecule has 0 amide bonds. The predicted octanol–water partition coefficient (Wildman–Crippen LogP) is 2.40. The van der Waals surface area contributed by atoms with Gasteiger partial charge in [0.25, 0.3) is 0 Å². The van der Waals surface area contributed by atoms with E-state index in [2.05, 4.69) is 42.3 Å². The Morgan fingerprint density at radius 3 is 2.67 bits per heavy atom. The number of anilines is 1. The summed E-state index contributed by atoms with van der Waals surface area (Å²) in [6.07, 6.45) is 11.0. The van der Waals surface area contributed by atoms with Crippen molar-refractivity contribution < 1.29 is 0 Å². The van der Waals surface area contributed by atoms with Gasteiger partial charge in [0.2, 0.25) is 0 Å². The van der Waals surface area contributed by atoms with Gasteiger partial charge in [-0.05, 0) is 30.5 Å². The quantitative estimate of drug-likeness (QED) is 0.648. The second-order valence-electron chi connectivity index (χ2n) is 7.20. The Hall–Kier alpha value is -2.57. The first kappa shape index (κ1) is 19.2. The minimum absolute atomic E-state index is 0.730. The lowest BCUT2D eigenvalue weighted by Crippen LogP contribution is -2.38. The Kier molecular flexibility index (Phi) is 6.68. The molecule has 7 nitrogen and oxygen atoms in total. The minimum atomic E-state index is 0.730.